The van der Waals surface area contributed by atoms with Crippen molar-refractivity contribution in [3.8, 4) is 0 Å². The lowest BCUT2D eigenvalue weighted by Gasteiger charge is -2.36. The molecule has 0 aliphatic heterocycles. The summed E-state index contributed by atoms with van der Waals surface area (Å²) in [5.41, 5.74) is 0.659. The van der Waals surface area contributed by atoms with Crippen molar-refractivity contribution in [3.63, 3.8) is 0 Å². The SMILES string of the molecule is CCCCC(C)NC(C)(C)CC(C)(C)C. The van der Waals surface area contributed by atoms with Crippen molar-refractivity contribution in [2.45, 2.75) is 85.7 Å². The fourth-order valence-corrected chi connectivity index (χ4v) is 2.63. The minimum absolute atomic E-state index is 0.255. The average molecular weight is 213 g/mol. The van der Waals surface area contributed by atoms with Gasteiger partial charge in [0.2, 0.25) is 0 Å². The van der Waals surface area contributed by atoms with Crippen molar-refractivity contribution in [2.24, 2.45) is 5.41 Å². The Hall–Kier alpha value is -0.0400. The van der Waals surface area contributed by atoms with Crippen molar-refractivity contribution < 1.29 is 0 Å². The summed E-state index contributed by atoms with van der Waals surface area (Å²) < 4.78 is 0. The first-order valence-electron chi connectivity index (χ1n) is 6.44. The summed E-state index contributed by atoms with van der Waals surface area (Å²) in [7, 11) is 0. The quantitative estimate of drug-likeness (QED) is 0.691. The van der Waals surface area contributed by atoms with E-state index in [0.29, 0.717) is 11.5 Å². The number of unbranched alkanes of at least 4 members (excludes halogenated alkanes) is 1. The molecule has 1 heteroatoms. The van der Waals surface area contributed by atoms with Gasteiger partial charge in [0, 0.05) is 11.6 Å². The fourth-order valence-electron chi connectivity index (χ4n) is 2.63. The van der Waals surface area contributed by atoms with E-state index >= 15 is 0 Å². The van der Waals surface area contributed by atoms with E-state index < -0.39 is 0 Å². The number of hydrogen-bond donors (Lipinski definition) is 1. The average Bonchev–Trinajstić information content (AvgIpc) is 1.94. The zero-order valence-electron chi connectivity index (χ0n) is 11.9. The molecule has 0 aliphatic rings. The van der Waals surface area contributed by atoms with E-state index in [4.69, 9.17) is 0 Å². The van der Waals surface area contributed by atoms with Crippen LogP contribution in [-0.2, 0) is 0 Å². The molecular weight excluding hydrogens is 182 g/mol. The molecule has 15 heavy (non-hydrogen) atoms. The number of hydrogen-bond acceptors (Lipinski definition) is 1. The van der Waals surface area contributed by atoms with Crippen molar-refractivity contribution in [1.29, 1.82) is 0 Å². The molecule has 0 saturated carbocycles. The molecule has 0 rings (SSSR count). The molecule has 1 N–H and O–H groups in total. The van der Waals surface area contributed by atoms with Crippen LogP contribution < -0.4 is 5.32 Å². The molecule has 1 atom stereocenters. The van der Waals surface area contributed by atoms with Crippen molar-refractivity contribution in [3.05, 3.63) is 0 Å². The standard InChI is InChI=1S/C14H31N/c1-8-9-10-12(2)15-14(6,7)11-13(3,4)5/h12,15H,8-11H2,1-7H3. The topological polar surface area (TPSA) is 12.0 Å². The van der Waals surface area contributed by atoms with Gasteiger partial charge in [-0.05, 0) is 39.0 Å². The van der Waals surface area contributed by atoms with Gasteiger partial charge in [0.25, 0.3) is 0 Å². The Kier molecular flexibility index (Phi) is 5.87. The summed E-state index contributed by atoms with van der Waals surface area (Å²) in [6.07, 6.45) is 5.14. The van der Waals surface area contributed by atoms with Gasteiger partial charge in [-0.3, -0.25) is 0 Å². The van der Waals surface area contributed by atoms with E-state index in [9.17, 15) is 0 Å². The van der Waals surface area contributed by atoms with Gasteiger partial charge in [0.05, 0.1) is 0 Å². The second kappa shape index (κ2) is 5.89. The highest BCUT2D eigenvalue weighted by Crippen LogP contribution is 2.27. The molecule has 0 saturated heterocycles. The van der Waals surface area contributed by atoms with Crippen LogP contribution in [0.2, 0.25) is 0 Å². The molecule has 0 amide bonds. The van der Waals surface area contributed by atoms with Crippen molar-refractivity contribution in [1.82, 2.24) is 5.32 Å². The van der Waals surface area contributed by atoms with E-state index in [2.05, 4.69) is 53.8 Å². The lowest BCUT2D eigenvalue weighted by atomic mass is 9.81. The van der Waals surface area contributed by atoms with Crippen molar-refractivity contribution >= 4 is 0 Å². The van der Waals surface area contributed by atoms with Crippen LogP contribution in [0.5, 0.6) is 0 Å². The van der Waals surface area contributed by atoms with Crippen LogP contribution in [0.3, 0.4) is 0 Å². The minimum atomic E-state index is 0.255. The van der Waals surface area contributed by atoms with E-state index in [0.717, 1.165) is 0 Å². The van der Waals surface area contributed by atoms with Crippen LogP contribution in [0.15, 0.2) is 0 Å². The molecule has 0 spiro atoms. The first-order valence-corrected chi connectivity index (χ1v) is 6.44. The Bertz CT molecular complexity index is 165. The van der Waals surface area contributed by atoms with Gasteiger partial charge in [-0.25, -0.2) is 0 Å². The third-order valence-corrected chi connectivity index (χ3v) is 2.60. The molecular formula is C14H31N. The normalized spacial score (nSPS) is 15.4. The van der Waals surface area contributed by atoms with E-state index in [1.54, 1.807) is 0 Å². The van der Waals surface area contributed by atoms with Crippen LogP contribution in [0.4, 0.5) is 0 Å². The summed E-state index contributed by atoms with van der Waals surface area (Å²) in [4.78, 5) is 0. The van der Waals surface area contributed by atoms with Gasteiger partial charge in [0.15, 0.2) is 0 Å². The van der Waals surface area contributed by atoms with E-state index in [1.165, 1.54) is 25.7 Å². The lowest BCUT2D eigenvalue weighted by molar-refractivity contribution is 0.222. The smallest absolute Gasteiger partial charge is 0.0132 e. The van der Waals surface area contributed by atoms with Crippen LogP contribution in [0, 0.1) is 5.41 Å². The van der Waals surface area contributed by atoms with Gasteiger partial charge in [-0.2, -0.15) is 0 Å². The highest BCUT2D eigenvalue weighted by molar-refractivity contribution is 4.85. The summed E-state index contributed by atoms with van der Waals surface area (Å²) >= 11 is 0. The molecule has 0 aromatic rings. The Balaban J connectivity index is 4.01. The second-order valence-electron chi connectivity index (χ2n) is 6.81. The van der Waals surface area contributed by atoms with Gasteiger partial charge >= 0.3 is 0 Å². The minimum Gasteiger partial charge on any atom is -0.309 e. The van der Waals surface area contributed by atoms with Crippen LogP contribution in [0.1, 0.15) is 74.1 Å². The number of rotatable bonds is 6. The number of nitrogens with one attached hydrogen (secondary N) is 1. The predicted molar refractivity (Wildman–Crippen MR) is 70.3 cm³/mol. The van der Waals surface area contributed by atoms with Crippen LogP contribution >= 0.6 is 0 Å². The Morgan fingerprint density at radius 3 is 2.00 bits per heavy atom. The summed E-state index contributed by atoms with van der Waals surface area (Å²) in [6, 6.07) is 0.641. The lowest BCUT2D eigenvalue weighted by Crippen LogP contribution is -2.46. The maximum absolute atomic E-state index is 3.75. The summed E-state index contributed by atoms with van der Waals surface area (Å²) in [5, 5.41) is 3.75. The maximum atomic E-state index is 3.75. The molecule has 0 bridgehead atoms. The first kappa shape index (κ1) is 15.0. The Morgan fingerprint density at radius 2 is 1.60 bits per heavy atom. The Labute approximate surface area is 97.0 Å². The molecule has 0 fully saturated rings. The maximum Gasteiger partial charge on any atom is 0.0132 e. The second-order valence-corrected chi connectivity index (χ2v) is 6.81. The zero-order valence-corrected chi connectivity index (χ0v) is 11.9. The monoisotopic (exact) mass is 213 g/mol. The van der Waals surface area contributed by atoms with Crippen LogP contribution in [-0.4, -0.2) is 11.6 Å². The van der Waals surface area contributed by atoms with Gasteiger partial charge < -0.3 is 5.32 Å². The Morgan fingerprint density at radius 1 is 1.07 bits per heavy atom. The predicted octanol–water partition coefficient (Wildman–Crippen LogP) is 4.37. The zero-order chi connectivity index (χ0) is 12.1. The highest BCUT2D eigenvalue weighted by Gasteiger charge is 2.26. The molecule has 0 aromatic heterocycles. The van der Waals surface area contributed by atoms with Gasteiger partial charge in [0.1, 0.15) is 0 Å². The van der Waals surface area contributed by atoms with E-state index in [1.807, 2.05) is 0 Å². The van der Waals surface area contributed by atoms with Crippen molar-refractivity contribution in [2.75, 3.05) is 0 Å². The molecule has 92 valence electrons. The van der Waals surface area contributed by atoms with Gasteiger partial charge in [-0.1, -0.05) is 40.5 Å². The van der Waals surface area contributed by atoms with E-state index in [-0.39, 0.29) is 5.54 Å². The summed E-state index contributed by atoms with van der Waals surface area (Å²) in [5.74, 6) is 0. The molecule has 1 unspecified atom stereocenters. The molecule has 1 nitrogen and oxygen atoms in total. The molecule has 0 heterocycles. The molecule has 0 aromatic carbocycles. The summed E-state index contributed by atoms with van der Waals surface area (Å²) in [6.45, 7) is 16.1. The molecule has 0 aliphatic carbocycles. The first-order chi connectivity index (χ1) is 6.66. The fraction of sp³-hybridized carbons (Fsp3) is 1.00. The third kappa shape index (κ3) is 8.92. The third-order valence-electron chi connectivity index (χ3n) is 2.60. The molecule has 0 radical (unpaired) electrons. The highest BCUT2D eigenvalue weighted by atomic mass is 15.0. The van der Waals surface area contributed by atoms with Gasteiger partial charge in [-0.15, -0.1) is 0 Å². The van der Waals surface area contributed by atoms with Crippen LogP contribution in [0.25, 0.3) is 0 Å². The largest absolute Gasteiger partial charge is 0.309 e.